The first kappa shape index (κ1) is 19.3. The molecule has 0 radical (unpaired) electrons. The lowest BCUT2D eigenvalue weighted by atomic mass is 10.0. The summed E-state index contributed by atoms with van der Waals surface area (Å²) in [7, 11) is 4.59. The average Bonchev–Trinajstić information content (AvgIpc) is 2.65. The largest absolute Gasteiger partial charge is 0.496 e. The molecule has 0 heterocycles. The van der Waals surface area contributed by atoms with E-state index in [1.165, 1.54) is 14.2 Å². The van der Waals surface area contributed by atoms with Crippen LogP contribution >= 0.6 is 0 Å². The van der Waals surface area contributed by atoms with E-state index in [1.54, 1.807) is 37.4 Å². The molecule has 0 aliphatic heterocycles. The molecule has 0 unspecified atom stereocenters. The second-order valence-corrected chi connectivity index (χ2v) is 5.74. The third kappa shape index (κ3) is 4.75. The van der Waals surface area contributed by atoms with Crippen molar-refractivity contribution in [1.29, 1.82) is 0 Å². The Morgan fingerprint density at radius 1 is 0.846 bits per heavy atom. The van der Waals surface area contributed by atoms with Gasteiger partial charge in [0.1, 0.15) is 5.75 Å². The Labute approximate surface area is 153 Å². The van der Waals surface area contributed by atoms with Gasteiger partial charge in [0.2, 0.25) is 5.91 Å². The summed E-state index contributed by atoms with van der Waals surface area (Å²) in [6.45, 7) is 1.90. The quantitative estimate of drug-likeness (QED) is 0.731. The molecular formula is C20H23NO5. The standard InChI is InChI=1S/C20H23NO5/c1-13-5-8-17(24-2)15(11-13)16(22)7-10-20(23)21-14-6-9-18(25-3)19(12-14)26-4/h5-6,8-9,11-12H,7,10H2,1-4H3,(H,21,23). The SMILES string of the molecule is COc1ccc(NC(=O)CCC(=O)c2cc(C)ccc2OC)cc1OC. The van der Waals surface area contributed by atoms with E-state index in [2.05, 4.69) is 5.32 Å². The lowest BCUT2D eigenvalue weighted by Crippen LogP contribution is -2.14. The molecule has 0 spiro atoms. The minimum Gasteiger partial charge on any atom is -0.496 e. The summed E-state index contributed by atoms with van der Waals surface area (Å²) >= 11 is 0. The summed E-state index contributed by atoms with van der Waals surface area (Å²) in [6.07, 6.45) is 0.170. The van der Waals surface area contributed by atoms with E-state index in [-0.39, 0.29) is 24.5 Å². The number of methoxy groups -OCH3 is 3. The number of ether oxygens (including phenoxy) is 3. The number of anilines is 1. The fraction of sp³-hybridized carbons (Fsp3) is 0.300. The van der Waals surface area contributed by atoms with Gasteiger partial charge in [-0.25, -0.2) is 0 Å². The number of rotatable bonds is 8. The van der Waals surface area contributed by atoms with Crippen molar-refractivity contribution in [2.45, 2.75) is 19.8 Å². The molecular weight excluding hydrogens is 334 g/mol. The van der Waals surface area contributed by atoms with Crippen LogP contribution in [0.2, 0.25) is 0 Å². The van der Waals surface area contributed by atoms with Gasteiger partial charge in [0, 0.05) is 24.6 Å². The van der Waals surface area contributed by atoms with Crippen LogP contribution in [0.1, 0.15) is 28.8 Å². The van der Waals surface area contributed by atoms with Gasteiger partial charge in [0.15, 0.2) is 17.3 Å². The first-order valence-electron chi connectivity index (χ1n) is 8.18. The molecule has 0 atom stereocenters. The maximum Gasteiger partial charge on any atom is 0.224 e. The maximum absolute atomic E-state index is 12.4. The molecule has 0 saturated carbocycles. The van der Waals surface area contributed by atoms with Gasteiger partial charge in [-0.1, -0.05) is 11.6 Å². The topological polar surface area (TPSA) is 73.9 Å². The van der Waals surface area contributed by atoms with Crippen LogP contribution in [0.4, 0.5) is 5.69 Å². The zero-order valence-corrected chi connectivity index (χ0v) is 15.4. The van der Waals surface area contributed by atoms with Crippen LogP contribution in [0.3, 0.4) is 0 Å². The fourth-order valence-corrected chi connectivity index (χ4v) is 2.54. The van der Waals surface area contributed by atoms with E-state index in [1.807, 2.05) is 13.0 Å². The van der Waals surface area contributed by atoms with Crippen LogP contribution in [0.5, 0.6) is 17.2 Å². The summed E-state index contributed by atoms with van der Waals surface area (Å²) < 4.78 is 15.6. The van der Waals surface area contributed by atoms with E-state index in [4.69, 9.17) is 14.2 Å². The Morgan fingerprint density at radius 3 is 2.15 bits per heavy atom. The van der Waals surface area contributed by atoms with E-state index in [9.17, 15) is 9.59 Å². The number of aryl methyl sites for hydroxylation is 1. The molecule has 2 aromatic carbocycles. The number of hydrogen-bond donors (Lipinski definition) is 1. The second kappa shape index (κ2) is 8.89. The molecule has 2 aromatic rings. The molecule has 6 heteroatoms. The monoisotopic (exact) mass is 357 g/mol. The minimum atomic E-state index is -0.253. The minimum absolute atomic E-state index is 0.0737. The number of benzene rings is 2. The molecule has 1 N–H and O–H groups in total. The lowest BCUT2D eigenvalue weighted by molar-refractivity contribution is -0.116. The van der Waals surface area contributed by atoms with Crippen molar-refractivity contribution in [3.63, 3.8) is 0 Å². The molecule has 0 bridgehead atoms. The van der Waals surface area contributed by atoms with Crippen LogP contribution < -0.4 is 19.5 Å². The van der Waals surface area contributed by atoms with E-state index in [0.29, 0.717) is 28.5 Å². The zero-order chi connectivity index (χ0) is 19.1. The number of amides is 1. The number of Topliss-reactive ketones (excluding diaryl/α,β-unsaturated/α-hetero) is 1. The van der Waals surface area contributed by atoms with Gasteiger partial charge in [-0.15, -0.1) is 0 Å². The fourth-order valence-electron chi connectivity index (χ4n) is 2.54. The predicted molar refractivity (Wildman–Crippen MR) is 99.5 cm³/mol. The molecule has 0 aliphatic carbocycles. The first-order valence-corrected chi connectivity index (χ1v) is 8.18. The van der Waals surface area contributed by atoms with Crippen molar-refractivity contribution in [2.24, 2.45) is 0 Å². The molecule has 0 aliphatic rings. The molecule has 2 rings (SSSR count). The van der Waals surface area contributed by atoms with Crippen LogP contribution in [0.15, 0.2) is 36.4 Å². The average molecular weight is 357 g/mol. The Morgan fingerprint density at radius 2 is 1.50 bits per heavy atom. The summed E-state index contributed by atoms with van der Waals surface area (Å²) in [5.41, 5.74) is 2.03. The Kier molecular flexibility index (Phi) is 6.60. The zero-order valence-electron chi connectivity index (χ0n) is 15.4. The molecule has 6 nitrogen and oxygen atoms in total. The van der Waals surface area contributed by atoms with Crippen LogP contribution in [0.25, 0.3) is 0 Å². The highest BCUT2D eigenvalue weighted by atomic mass is 16.5. The molecule has 138 valence electrons. The highest BCUT2D eigenvalue weighted by Crippen LogP contribution is 2.30. The Bertz CT molecular complexity index is 801. The summed E-state index contributed by atoms with van der Waals surface area (Å²) in [5.74, 6) is 1.23. The number of nitrogens with one attached hydrogen (secondary N) is 1. The van der Waals surface area contributed by atoms with E-state index in [0.717, 1.165) is 5.56 Å². The molecule has 26 heavy (non-hydrogen) atoms. The number of carbonyl (C=O) groups is 2. The van der Waals surface area contributed by atoms with Gasteiger partial charge < -0.3 is 19.5 Å². The second-order valence-electron chi connectivity index (χ2n) is 5.74. The van der Waals surface area contributed by atoms with Crippen molar-refractivity contribution < 1.29 is 23.8 Å². The number of hydrogen-bond acceptors (Lipinski definition) is 5. The maximum atomic E-state index is 12.4. The highest BCUT2D eigenvalue weighted by molar-refractivity contribution is 6.02. The lowest BCUT2D eigenvalue weighted by Gasteiger charge is -2.11. The highest BCUT2D eigenvalue weighted by Gasteiger charge is 2.15. The van der Waals surface area contributed by atoms with Crippen molar-refractivity contribution in [1.82, 2.24) is 0 Å². The predicted octanol–water partition coefficient (Wildman–Crippen LogP) is 3.62. The Hall–Kier alpha value is -3.02. The van der Waals surface area contributed by atoms with E-state index < -0.39 is 0 Å². The molecule has 0 aromatic heterocycles. The smallest absolute Gasteiger partial charge is 0.224 e. The van der Waals surface area contributed by atoms with Gasteiger partial charge in [0.05, 0.1) is 26.9 Å². The summed E-state index contributed by atoms with van der Waals surface area (Å²) in [4.78, 5) is 24.6. The van der Waals surface area contributed by atoms with E-state index >= 15 is 0 Å². The van der Waals surface area contributed by atoms with Gasteiger partial charge in [0.25, 0.3) is 0 Å². The molecule has 0 fully saturated rings. The van der Waals surface area contributed by atoms with Gasteiger partial charge in [-0.05, 0) is 31.2 Å². The third-order valence-electron chi connectivity index (χ3n) is 3.90. The van der Waals surface area contributed by atoms with Gasteiger partial charge in [-0.2, -0.15) is 0 Å². The third-order valence-corrected chi connectivity index (χ3v) is 3.90. The normalized spacial score (nSPS) is 10.2. The molecule has 1 amide bonds. The van der Waals surface area contributed by atoms with Crippen molar-refractivity contribution >= 4 is 17.4 Å². The first-order chi connectivity index (χ1) is 12.5. The van der Waals surface area contributed by atoms with Gasteiger partial charge in [-0.3, -0.25) is 9.59 Å². The van der Waals surface area contributed by atoms with Crippen LogP contribution in [-0.2, 0) is 4.79 Å². The summed E-state index contributed by atoms with van der Waals surface area (Å²) in [6, 6.07) is 10.5. The Balaban J connectivity index is 1.99. The van der Waals surface area contributed by atoms with Crippen molar-refractivity contribution in [3.05, 3.63) is 47.5 Å². The van der Waals surface area contributed by atoms with Crippen LogP contribution in [-0.4, -0.2) is 33.0 Å². The number of carbonyl (C=O) groups excluding carboxylic acids is 2. The molecule has 0 saturated heterocycles. The van der Waals surface area contributed by atoms with Crippen LogP contribution in [0, 0.1) is 6.92 Å². The van der Waals surface area contributed by atoms with Gasteiger partial charge >= 0.3 is 0 Å². The summed E-state index contributed by atoms with van der Waals surface area (Å²) in [5, 5.41) is 2.76. The van der Waals surface area contributed by atoms with Crippen molar-refractivity contribution in [2.75, 3.05) is 26.6 Å². The van der Waals surface area contributed by atoms with Crippen molar-refractivity contribution in [3.8, 4) is 17.2 Å². The number of ketones is 1.